The molecule has 0 atom stereocenters. The third-order valence-electron chi connectivity index (χ3n) is 3.47. The number of hydrogen-bond donors (Lipinski definition) is 2. The summed E-state index contributed by atoms with van der Waals surface area (Å²) >= 11 is 0. The zero-order valence-electron chi connectivity index (χ0n) is 15.2. The van der Waals surface area contributed by atoms with Gasteiger partial charge in [-0.3, -0.25) is 9.59 Å². The van der Waals surface area contributed by atoms with E-state index in [-0.39, 0.29) is 18.4 Å². The molecule has 2 amide bonds. The molecule has 6 heteroatoms. The number of para-hydroxylation sites is 2. The van der Waals surface area contributed by atoms with E-state index in [1.54, 1.807) is 43.5 Å². The number of carbonyl (C=O) groups is 2. The highest BCUT2D eigenvalue weighted by atomic mass is 16.5. The smallest absolute Gasteiger partial charge is 0.262 e. The molecular weight excluding hydrogens is 332 g/mol. The Kier molecular flexibility index (Phi) is 7.02. The van der Waals surface area contributed by atoms with Gasteiger partial charge in [0.05, 0.1) is 7.11 Å². The largest absolute Gasteiger partial charge is 0.493 e. The third kappa shape index (κ3) is 6.12. The van der Waals surface area contributed by atoms with Crippen molar-refractivity contribution in [2.75, 3.05) is 24.4 Å². The molecule has 138 valence electrons. The maximum atomic E-state index is 12.0. The lowest BCUT2D eigenvalue weighted by molar-refractivity contribution is -0.118. The van der Waals surface area contributed by atoms with Crippen LogP contribution in [0.1, 0.15) is 20.3 Å². The summed E-state index contributed by atoms with van der Waals surface area (Å²) in [7, 11) is 1.55. The van der Waals surface area contributed by atoms with Gasteiger partial charge in [-0.2, -0.15) is 0 Å². The highest BCUT2D eigenvalue weighted by molar-refractivity contribution is 5.93. The summed E-state index contributed by atoms with van der Waals surface area (Å²) in [5.74, 6) is 1.07. The van der Waals surface area contributed by atoms with Crippen molar-refractivity contribution < 1.29 is 19.1 Å². The van der Waals surface area contributed by atoms with Crippen molar-refractivity contribution >= 4 is 23.2 Å². The Morgan fingerprint density at radius 2 is 1.42 bits per heavy atom. The molecule has 0 aliphatic rings. The lowest BCUT2D eigenvalue weighted by Crippen LogP contribution is -2.20. The van der Waals surface area contributed by atoms with Crippen LogP contribution in [-0.2, 0) is 9.59 Å². The minimum absolute atomic E-state index is 0.0259. The van der Waals surface area contributed by atoms with Gasteiger partial charge in [0, 0.05) is 17.8 Å². The van der Waals surface area contributed by atoms with Crippen molar-refractivity contribution in [2.45, 2.75) is 20.3 Å². The van der Waals surface area contributed by atoms with E-state index in [4.69, 9.17) is 9.47 Å². The van der Waals surface area contributed by atoms with Gasteiger partial charge in [0.25, 0.3) is 5.91 Å². The van der Waals surface area contributed by atoms with Crippen molar-refractivity contribution in [3.8, 4) is 11.5 Å². The number of hydrogen-bond acceptors (Lipinski definition) is 4. The molecule has 0 aromatic heterocycles. The van der Waals surface area contributed by atoms with Crippen molar-refractivity contribution in [3.63, 3.8) is 0 Å². The first kappa shape index (κ1) is 19.3. The number of amides is 2. The van der Waals surface area contributed by atoms with Gasteiger partial charge in [-0.25, -0.2) is 0 Å². The van der Waals surface area contributed by atoms with Crippen LogP contribution in [-0.4, -0.2) is 25.5 Å². The summed E-state index contributed by atoms with van der Waals surface area (Å²) in [5.41, 5.74) is 1.32. The van der Waals surface area contributed by atoms with E-state index in [0.29, 0.717) is 35.2 Å². The second kappa shape index (κ2) is 9.46. The summed E-state index contributed by atoms with van der Waals surface area (Å²) in [6.07, 6.45) is 0.471. The number of anilines is 2. The summed E-state index contributed by atoms with van der Waals surface area (Å²) < 4.78 is 10.7. The van der Waals surface area contributed by atoms with Gasteiger partial charge in [0.1, 0.15) is 0 Å². The van der Waals surface area contributed by atoms with E-state index in [1.807, 2.05) is 26.0 Å². The van der Waals surface area contributed by atoms with Crippen molar-refractivity contribution in [1.29, 1.82) is 0 Å². The molecule has 0 aliphatic heterocycles. The average molecular weight is 356 g/mol. The molecule has 0 bridgehead atoms. The zero-order valence-corrected chi connectivity index (χ0v) is 15.2. The summed E-state index contributed by atoms with van der Waals surface area (Å²) in [5, 5.41) is 5.57. The fourth-order valence-corrected chi connectivity index (χ4v) is 2.30. The molecule has 0 saturated carbocycles. The van der Waals surface area contributed by atoms with Gasteiger partial charge in [0.15, 0.2) is 18.1 Å². The van der Waals surface area contributed by atoms with Crippen molar-refractivity contribution in [2.24, 2.45) is 5.92 Å². The van der Waals surface area contributed by atoms with E-state index < -0.39 is 0 Å². The van der Waals surface area contributed by atoms with Crippen LogP contribution in [0.15, 0.2) is 48.5 Å². The molecule has 0 spiro atoms. The van der Waals surface area contributed by atoms with E-state index in [0.717, 1.165) is 0 Å². The Morgan fingerprint density at radius 3 is 1.96 bits per heavy atom. The number of methoxy groups -OCH3 is 1. The summed E-state index contributed by atoms with van der Waals surface area (Å²) in [6.45, 7) is 3.85. The molecule has 6 nitrogen and oxygen atoms in total. The Balaban J connectivity index is 1.84. The zero-order chi connectivity index (χ0) is 18.9. The molecule has 0 fully saturated rings. The highest BCUT2D eigenvalue weighted by Gasteiger charge is 2.08. The average Bonchev–Trinajstić information content (AvgIpc) is 2.61. The second-order valence-electron chi connectivity index (χ2n) is 6.21. The Labute approximate surface area is 153 Å². The van der Waals surface area contributed by atoms with Crippen LogP contribution in [0, 0.1) is 5.92 Å². The number of benzene rings is 2. The normalized spacial score (nSPS) is 10.3. The Hall–Kier alpha value is -3.02. The first-order chi connectivity index (χ1) is 12.5. The lowest BCUT2D eigenvalue weighted by Gasteiger charge is -2.11. The molecule has 0 radical (unpaired) electrons. The maximum absolute atomic E-state index is 12.0. The van der Waals surface area contributed by atoms with Gasteiger partial charge in [-0.1, -0.05) is 26.0 Å². The van der Waals surface area contributed by atoms with E-state index >= 15 is 0 Å². The number of carbonyl (C=O) groups excluding carboxylic acids is 2. The summed E-state index contributed by atoms with van der Waals surface area (Å²) in [6, 6.07) is 14.1. The topological polar surface area (TPSA) is 76.7 Å². The van der Waals surface area contributed by atoms with E-state index in [9.17, 15) is 9.59 Å². The summed E-state index contributed by atoms with van der Waals surface area (Å²) in [4.78, 5) is 23.8. The van der Waals surface area contributed by atoms with Crippen LogP contribution in [0.2, 0.25) is 0 Å². The predicted octanol–water partition coefficient (Wildman–Crippen LogP) is 3.70. The fourth-order valence-electron chi connectivity index (χ4n) is 2.30. The quantitative estimate of drug-likeness (QED) is 0.756. The van der Waals surface area contributed by atoms with Gasteiger partial charge in [-0.05, 0) is 42.3 Å². The van der Waals surface area contributed by atoms with E-state index in [1.165, 1.54) is 0 Å². The first-order valence-corrected chi connectivity index (χ1v) is 8.43. The fraction of sp³-hybridized carbons (Fsp3) is 0.300. The van der Waals surface area contributed by atoms with Gasteiger partial charge < -0.3 is 20.1 Å². The monoisotopic (exact) mass is 356 g/mol. The molecule has 2 aromatic rings. The minimum atomic E-state index is -0.285. The number of nitrogens with one attached hydrogen (secondary N) is 2. The molecule has 2 rings (SSSR count). The van der Waals surface area contributed by atoms with Crippen LogP contribution < -0.4 is 20.1 Å². The molecular formula is C20H24N2O4. The van der Waals surface area contributed by atoms with Crippen molar-refractivity contribution in [1.82, 2.24) is 0 Å². The van der Waals surface area contributed by atoms with Crippen molar-refractivity contribution in [3.05, 3.63) is 48.5 Å². The number of ether oxygens (including phenoxy) is 2. The molecule has 26 heavy (non-hydrogen) atoms. The maximum Gasteiger partial charge on any atom is 0.262 e. The Morgan fingerprint density at radius 1 is 0.885 bits per heavy atom. The molecule has 0 aliphatic carbocycles. The van der Waals surface area contributed by atoms with Crippen LogP contribution in [0.4, 0.5) is 11.4 Å². The predicted molar refractivity (Wildman–Crippen MR) is 102 cm³/mol. The third-order valence-corrected chi connectivity index (χ3v) is 3.47. The first-order valence-electron chi connectivity index (χ1n) is 8.43. The number of rotatable bonds is 8. The lowest BCUT2D eigenvalue weighted by atomic mass is 10.1. The molecule has 2 aromatic carbocycles. The van der Waals surface area contributed by atoms with Crippen LogP contribution in [0.3, 0.4) is 0 Å². The Bertz CT molecular complexity index is 742. The molecule has 2 N–H and O–H groups in total. The van der Waals surface area contributed by atoms with Crippen LogP contribution >= 0.6 is 0 Å². The molecule has 0 heterocycles. The van der Waals surface area contributed by atoms with Crippen LogP contribution in [0.5, 0.6) is 11.5 Å². The standard InChI is InChI=1S/C20H24N2O4/c1-14(2)12-19(23)21-15-8-10-16(11-9-15)22-20(24)13-26-18-7-5-4-6-17(18)25-3/h4-11,14H,12-13H2,1-3H3,(H,21,23)(H,22,24). The minimum Gasteiger partial charge on any atom is -0.493 e. The molecule has 0 saturated heterocycles. The highest BCUT2D eigenvalue weighted by Crippen LogP contribution is 2.25. The SMILES string of the molecule is COc1ccccc1OCC(=O)Nc1ccc(NC(=O)CC(C)C)cc1. The van der Waals surface area contributed by atoms with Gasteiger partial charge in [0.2, 0.25) is 5.91 Å². The molecule has 0 unspecified atom stereocenters. The second-order valence-corrected chi connectivity index (χ2v) is 6.21. The van der Waals surface area contributed by atoms with Crippen LogP contribution in [0.25, 0.3) is 0 Å². The van der Waals surface area contributed by atoms with E-state index in [2.05, 4.69) is 10.6 Å². The van der Waals surface area contributed by atoms with Gasteiger partial charge in [-0.15, -0.1) is 0 Å². The van der Waals surface area contributed by atoms with Gasteiger partial charge >= 0.3 is 0 Å².